The van der Waals surface area contributed by atoms with E-state index in [1.54, 1.807) is 30.4 Å². The van der Waals surface area contributed by atoms with Crippen LogP contribution in [-0.2, 0) is 14.3 Å². The van der Waals surface area contributed by atoms with Crippen molar-refractivity contribution >= 4 is 35.3 Å². The summed E-state index contributed by atoms with van der Waals surface area (Å²) in [4.78, 5) is 22.9. The smallest absolute Gasteiger partial charge is 0.343 e. The van der Waals surface area contributed by atoms with Gasteiger partial charge < -0.3 is 4.74 Å². The first-order valence-corrected chi connectivity index (χ1v) is 6.64. The predicted molar refractivity (Wildman–Crippen MR) is 63.9 cm³/mol. The van der Waals surface area contributed by atoms with Crippen LogP contribution in [0.2, 0.25) is 0 Å². The minimum absolute atomic E-state index is 0.211. The SMILES string of the molecule is CCOC(=O)/C(C(C)=O)=C1\SC[C@@H](C)S1. The molecule has 0 saturated carbocycles. The van der Waals surface area contributed by atoms with Crippen molar-refractivity contribution in [2.45, 2.75) is 26.0 Å². The van der Waals surface area contributed by atoms with Crippen molar-refractivity contribution in [3.05, 3.63) is 9.81 Å². The molecule has 0 aromatic heterocycles. The molecular weight excluding hydrogens is 232 g/mol. The average molecular weight is 246 g/mol. The van der Waals surface area contributed by atoms with Crippen LogP contribution in [0.15, 0.2) is 9.81 Å². The second-order valence-corrected chi connectivity index (χ2v) is 5.92. The highest BCUT2D eigenvalue weighted by atomic mass is 32.2. The lowest BCUT2D eigenvalue weighted by Gasteiger charge is -2.06. The zero-order valence-corrected chi connectivity index (χ0v) is 10.7. The van der Waals surface area contributed by atoms with Crippen molar-refractivity contribution in [1.29, 1.82) is 0 Å². The molecule has 84 valence electrons. The van der Waals surface area contributed by atoms with E-state index in [2.05, 4.69) is 6.92 Å². The highest BCUT2D eigenvalue weighted by Gasteiger charge is 2.27. The van der Waals surface area contributed by atoms with Crippen molar-refractivity contribution in [3.8, 4) is 0 Å². The summed E-state index contributed by atoms with van der Waals surface area (Å²) in [6.45, 7) is 5.52. The molecule has 1 heterocycles. The fourth-order valence-corrected chi connectivity index (χ4v) is 4.06. The van der Waals surface area contributed by atoms with Gasteiger partial charge in [-0.1, -0.05) is 6.92 Å². The minimum Gasteiger partial charge on any atom is -0.462 e. The topological polar surface area (TPSA) is 43.4 Å². The molecule has 1 aliphatic heterocycles. The molecule has 0 radical (unpaired) electrons. The lowest BCUT2D eigenvalue weighted by atomic mass is 10.2. The Morgan fingerprint density at radius 1 is 1.53 bits per heavy atom. The number of rotatable bonds is 3. The molecule has 3 nitrogen and oxygen atoms in total. The van der Waals surface area contributed by atoms with Gasteiger partial charge in [-0.05, 0) is 13.8 Å². The number of hydrogen-bond donors (Lipinski definition) is 0. The van der Waals surface area contributed by atoms with Gasteiger partial charge in [0.05, 0.1) is 10.8 Å². The Balaban J connectivity index is 2.91. The Morgan fingerprint density at radius 3 is 2.60 bits per heavy atom. The lowest BCUT2D eigenvalue weighted by Crippen LogP contribution is -2.14. The van der Waals surface area contributed by atoms with Crippen molar-refractivity contribution in [1.82, 2.24) is 0 Å². The van der Waals surface area contributed by atoms with E-state index in [0.29, 0.717) is 11.9 Å². The fraction of sp³-hybridized carbons (Fsp3) is 0.600. The number of thioether (sulfide) groups is 2. The van der Waals surface area contributed by atoms with Gasteiger partial charge in [-0.15, -0.1) is 23.5 Å². The first-order valence-electron chi connectivity index (χ1n) is 4.78. The first kappa shape index (κ1) is 12.6. The molecule has 1 aliphatic rings. The maximum atomic E-state index is 11.6. The number of hydrogen-bond acceptors (Lipinski definition) is 5. The third-order valence-corrected chi connectivity index (χ3v) is 4.77. The molecule has 1 fully saturated rings. The largest absolute Gasteiger partial charge is 0.462 e. The van der Waals surface area contributed by atoms with E-state index in [0.717, 1.165) is 9.99 Å². The number of ketones is 1. The van der Waals surface area contributed by atoms with Gasteiger partial charge in [-0.25, -0.2) is 4.79 Å². The van der Waals surface area contributed by atoms with E-state index in [-0.39, 0.29) is 11.4 Å². The van der Waals surface area contributed by atoms with Crippen molar-refractivity contribution in [3.63, 3.8) is 0 Å². The summed E-state index contributed by atoms with van der Waals surface area (Å²) in [5, 5.41) is 0.453. The number of esters is 1. The van der Waals surface area contributed by atoms with Crippen LogP contribution < -0.4 is 0 Å². The highest BCUT2D eigenvalue weighted by Crippen LogP contribution is 2.43. The van der Waals surface area contributed by atoms with Crippen LogP contribution in [0, 0.1) is 0 Å². The average Bonchev–Trinajstić information content (AvgIpc) is 2.51. The molecule has 1 rings (SSSR count). The number of carbonyl (C=O) groups is 2. The molecule has 1 atom stereocenters. The predicted octanol–water partition coefficient (Wildman–Crippen LogP) is 2.22. The Bertz CT molecular complexity index is 310. The zero-order chi connectivity index (χ0) is 11.4. The van der Waals surface area contributed by atoms with Crippen LogP contribution >= 0.6 is 23.5 Å². The maximum Gasteiger partial charge on any atom is 0.343 e. The molecule has 0 aliphatic carbocycles. The quantitative estimate of drug-likeness (QED) is 0.330. The molecule has 0 unspecified atom stereocenters. The molecule has 0 N–H and O–H groups in total. The van der Waals surface area contributed by atoms with Gasteiger partial charge >= 0.3 is 5.97 Å². The summed E-state index contributed by atoms with van der Waals surface area (Å²) >= 11 is 3.14. The van der Waals surface area contributed by atoms with E-state index in [1.165, 1.54) is 6.92 Å². The van der Waals surface area contributed by atoms with Crippen molar-refractivity contribution < 1.29 is 14.3 Å². The first-order chi connectivity index (χ1) is 7.06. The van der Waals surface area contributed by atoms with Gasteiger partial charge in [0.15, 0.2) is 5.78 Å². The van der Waals surface area contributed by atoms with Crippen LogP contribution in [0.25, 0.3) is 0 Å². The fourth-order valence-electron chi connectivity index (χ4n) is 1.15. The summed E-state index contributed by atoms with van der Waals surface area (Å²) in [5.41, 5.74) is 0.219. The summed E-state index contributed by atoms with van der Waals surface area (Å²) < 4.78 is 5.68. The van der Waals surface area contributed by atoms with E-state index >= 15 is 0 Å². The molecule has 0 spiro atoms. The summed E-state index contributed by atoms with van der Waals surface area (Å²) in [5.74, 6) is 0.238. The van der Waals surface area contributed by atoms with E-state index in [1.807, 2.05) is 0 Å². The number of carbonyl (C=O) groups excluding carboxylic acids is 2. The standard InChI is InChI=1S/C10H14O3S2/c1-4-13-9(12)8(7(3)11)10-14-5-6(2)15-10/h6H,4-5H2,1-3H3/b10-8+/t6-/m1/s1. The van der Waals surface area contributed by atoms with Crippen LogP contribution in [0.3, 0.4) is 0 Å². The zero-order valence-electron chi connectivity index (χ0n) is 9.03. The van der Waals surface area contributed by atoms with Gasteiger partial charge in [-0.2, -0.15) is 0 Å². The summed E-state index contributed by atoms with van der Waals surface area (Å²) in [6.07, 6.45) is 0. The van der Waals surface area contributed by atoms with Gasteiger partial charge in [0.1, 0.15) is 5.57 Å². The Labute approximate surface area is 98.0 Å². The molecule has 0 amide bonds. The number of Topliss-reactive ketones (excluding diaryl/α,β-unsaturated/α-hetero) is 1. The van der Waals surface area contributed by atoms with Crippen LogP contribution in [-0.4, -0.2) is 29.4 Å². The van der Waals surface area contributed by atoms with Gasteiger partial charge in [0.25, 0.3) is 0 Å². The Morgan fingerprint density at radius 2 is 2.20 bits per heavy atom. The highest BCUT2D eigenvalue weighted by molar-refractivity contribution is 8.25. The second-order valence-electron chi connectivity index (χ2n) is 3.18. The maximum absolute atomic E-state index is 11.6. The van der Waals surface area contributed by atoms with Gasteiger partial charge in [-0.3, -0.25) is 4.79 Å². The van der Waals surface area contributed by atoms with Crippen molar-refractivity contribution in [2.75, 3.05) is 12.4 Å². The van der Waals surface area contributed by atoms with E-state index in [4.69, 9.17) is 4.74 Å². The number of ether oxygens (including phenoxy) is 1. The van der Waals surface area contributed by atoms with Crippen LogP contribution in [0.5, 0.6) is 0 Å². The molecule has 0 aromatic carbocycles. The second kappa shape index (κ2) is 5.61. The van der Waals surface area contributed by atoms with E-state index in [9.17, 15) is 9.59 Å². The molecular formula is C10H14O3S2. The van der Waals surface area contributed by atoms with Crippen LogP contribution in [0.1, 0.15) is 20.8 Å². The van der Waals surface area contributed by atoms with Gasteiger partial charge in [0, 0.05) is 11.0 Å². The summed E-state index contributed by atoms with van der Waals surface area (Å²) in [6, 6.07) is 0. The molecule has 0 bridgehead atoms. The Kier molecular flexibility index (Phi) is 4.73. The summed E-state index contributed by atoms with van der Waals surface area (Å²) in [7, 11) is 0. The van der Waals surface area contributed by atoms with Crippen molar-refractivity contribution in [2.24, 2.45) is 0 Å². The monoisotopic (exact) mass is 246 g/mol. The van der Waals surface area contributed by atoms with E-state index < -0.39 is 5.97 Å². The molecule has 1 saturated heterocycles. The third kappa shape index (κ3) is 3.28. The Hall–Kier alpha value is -0.420. The van der Waals surface area contributed by atoms with Gasteiger partial charge in [0.2, 0.25) is 0 Å². The normalized spacial score (nSPS) is 23.8. The van der Waals surface area contributed by atoms with Crippen LogP contribution in [0.4, 0.5) is 0 Å². The lowest BCUT2D eigenvalue weighted by molar-refractivity contribution is -0.139. The minimum atomic E-state index is -0.492. The molecule has 0 aromatic rings. The molecule has 5 heteroatoms. The molecule has 15 heavy (non-hydrogen) atoms. The third-order valence-electron chi connectivity index (χ3n) is 1.79.